The molecule has 0 saturated carbocycles. The quantitative estimate of drug-likeness (QED) is 0.222. The van der Waals surface area contributed by atoms with Gasteiger partial charge in [0.2, 0.25) is 0 Å². The number of Topliss-reactive ketones (excluding diaryl/α,β-unsaturated/α-hetero) is 1. The third kappa shape index (κ3) is 5.70. The molecule has 0 aliphatic carbocycles. The third-order valence-electron chi connectivity index (χ3n) is 0.585. The number of ether oxygens (including phenoxy) is 1. The topological polar surface area (TPSA) is 60.4 Å². The average Bonchev–Trinajstić information content (AvgIpc) is 1.85. The highest BCUT2D eigenvalue weighted by atomic mass is 27.0. The molecule has 0 heterocycles. The lowest BCUT2D eigenvalue weighted by Gasteiger charge is -1.92. The predicted octanol–water partition coefficient (Wildman–Crippen LogP) is -1.57. The number of alkyl halides is 1. The van der Waals surface area contributed by atoms with Crippen LogP contribution in [0.4, 0.5) is 4.39 Å². The second kappa shape index (κ2) is 6.01. The van der Waals surface area contributed by atoms with Crippen LogP contribution in [0.1, 0.15) is 6.92 Å². The molecule has 4 nitrogen and oxygen atoms in total. The minimum Gasteiger partial charge on any atom is -0.387 e. The van der Waals surface area contributed by atoms with E-state index in [4.69, 9.17) is 0 Å². The number of halogens is 1. The second-order valence-electron chi connectivity index (χ2n) is 1.44. The van der Waals surface area contributed by atoms with E-state index in [1.54, 1.807) is 0 Å². The summed E-state index contributed by atoms with van der Waals surface area (Å²) in [6.07, 6.45) is 0. The van der Waals surface area contributed by atoms with E-state index < -0.39 is 24.4 Å². The van der Waals surface area contributed by atoms with Crippen molar-refractivity contribution in [3.8, 4) is 0 Å². The van der Waals surface area contributed by atoms with Gasteiger partial charge in [0.25, 0.3) is 5.78 Å². The largest absolute Gasteiger partial charge is 0.387 e. The van der Waals surface area contributed by atoms with Crippen molar-refractivity contribution in [1.29, 1.82) is 0 Å². The fraction of sp³-hybridized carbons (Fsp3) is 0.400. The Kier molecular flexibility index (Phi) is 7.06. The molecule has 0 atom stereocenters. The highest BCUT2D eigenvalue weighted by Crippen LogP contribution is 1.83. The number of hydrogen-bond acceptors (Lipinski definition) is 4. The maximum absolute atomic E-state index is 11.3. The Morgan fingerprint density at radius 2 is 1.82 bits per heavy atom. The van der Waals surface area contributed by atoms with Gasteiger partial charge in [-0.1, -0.05) is 0 Å². The zero-order valence-electron chi connectivity index (χ0n) is 5.22. The molecule has 11 heavy (non-hydrogen) atoms. The fourth-order valence-electron chi connectivity index (χ4n) is 0.242. The van der Waals surface area contributed by atoms with Crippen LogP contribution in [-0.2, 0) is 19.1 Å². The fourth-order valence-corrected chi connectivity index (χ4v) is 0.242. The van der Waals surface area contributed by atoms with Gasteiger partial charge in [-0.05, 0) is 0 Å². The van der Waals surface area contributed by atoms with Gasteiger partial charge in [-0.3, -0.25) is 9.59 Å². The maximum atomic E-state index is 11.3. The Morgan fingerprint density at radius 1 is 1.36 bits per heavy atom. The minimum absolute atomic E-state index is 0. The van der Waals surface area contributed by atoms with Crippen molar-refractivity contribution in [2.75, 3.05) is 6.67 Å². The van der Waals surface area contributed by atoms with Crippen LogP contribution in [0.15, 0.2) is 0 Å². The van der Waals surface area contributed by atoms with Crippen LogP contribution in [0.2, 0.25) is 0 Å². The molecule has 0 radical (unpaired) electrons. The molecule has 0 aromatic rings. The van der Waals surface area contributed by atoms with Crippen molar-refractivity contribution in [1.82, 2.24) is 0 Å². The van der Waals surface area contributed by atoms with Gasteiger partial charge >= 0.3 is 11.9 Å². The Bertz CT molecular complexity index is 179. The zero-order chi connectivity index (χ0) is 8.15. The summed E-state index contributed by atoms with van der Waals surface area (Å²) >= 11 is 0. The van der Waals surface area contributed by atoms with Gasteiger partial charge in [0.05, 0.1) is 0 Å². The monoisotopic (exact) mass is 178 g/mol. The Balaban J connectivity index is 0. The van der Waals surface area contributed by atoms with Gasteiger partial charge in [0.15, 0.2) is 24.0 Å². The number of carbonyl (C=O) groups is 3. The molecule has 0 aliphatic rings. The number of carbonyl (C=O) groups excluding carboxylic acids is 3. The number of ketones is 1. The highest BCUT2D eigenvalue weighted by Gasteiger charge is 2.16. The molecule has 0 saturated heterocycles. The lowest BCUT2D eigenvalue weighted by atomic mass is 10.4. The van der Waals surface area contributed by atoms with Crippen LogP contribution in [0.5, 0.6) is 0 Å². The van der Waals surface area contributed by atoms with Crippen molar-refractivity contribution in [3.63, 3.8) is 0 Å². The smallest absolute Gasteiger partial charge is 0.385 e. The van der Waals surface area contributed by atoms with Crippen molar-refractivity contribution in [2.24, 2.45) is 0 Å². The van der Waals surface area contributed by atoms with Crippen molar-refractivity contribution in [2.45, 2.75) is 6.92 Å². The standard InChI is InChI=1S/C5H5FO4.Al.3H/c1-3(7)10-5(9)4(8)2-6;;;;/h2H2,1H3;;;;. The number of esters is 2. The summed E-state index contributed by atoms with van der Waals surface area (Å²) in [5.41, 5.74) is 0. The molecular weight excluding hydrogens is 170 g/mol. The maximum Gasteiger partial charge on any atom is 0.385 e. The Labute approximate surface area is 72.8 Å². The predicted molar refractivity (Wildman–Crippen MR) is 37.7 cm³/mol. The van der Waals surface area contributed by atoms with Crippen LogP contribution in [0.3, 0.4) is 0 Å². The summed E-state index contributed by atoms with van der Waals surface area (Å²) in [5.74, 6) is -3.72. The van der Waals surface area contributed by atoms with Crippen LogP contribution >= 0.6 is 0 Å². The molecule has 0 fully saturated rings. The van der Waals surface area contributed by atoms with E-state index in [9.17, 15) is 18.8 Å². The van der Waals surface area contributed by atoms with E-state index >= 15 is 0 Å². The zero-order valence-corrected chi connectivity index (χ0v) is 5.22. The SMILES string of the molecule is CC(=O)OC(=O)C(=O)CF.[AlH3]. The molecule has 0 amide bonds. The van der Waals surface area contributed by atoms with E-state index in [1.807, 2.05) is 0 Å². The van der Waals surface area contributed by atoms with Gasteiger partial charge in [-0.2, -0.15) is 0 Å². The molecule has 0 unspecified atom stereocenters. The lowest BCUT2D eigenvalue weighted by molar-refractivity contribution is -0.163. The average molecular weight is 178 g/mol. The van der Waals surface area contributed by atoms with Gasteiger partial charge in [0.1, 0.15) is 0 Å². The van der Waals surface area contributed by atoms with E-state index in [2.05, 4.69) is 4.74 Å². The first-order valence-electron chi connectivity index (χ1n) is 2.39. The van der Waals surface area contributed by atoms with Crippen molar-refractivity contribution in [3.05, 3.63) is 0 Å². The van der Waals surface area contributed by atoms with Gasteiger partial charge < -0.3 is 4.74 Å². The molecule has 0 N–H and O–H groups in total. The molecule has 62 valence electrons. The van der Waals surface area contributed by atoms with Crippen LogP contribution in [-0.4, -0.2) is 41.8 Å². The van der Waals surface area contributed by atoms with Crippen LogP contribution in [0, 0.1) is 0 Å². The molecule has 0 aromatic carbocycles. The summed E-state index contributed by atoms with van der Waals surface area (Å²) < 4.78 is 15.1. The number of hydrogen-bond donors (Lipinski definition) is 0. The van der Waals surface area contributed by atoms with Crippen molar-refractivity contribution < 1.29 is 23.5 Å². The van der Waals surface area contributed by atoms with E-state index in [-0.39, 0.29) is 17.4 Å². The first-order valence-corrected chi connectivity index (χ1v) is 2.39. The van der Waals surface area contributed by atoms with E-state index in [0.29, 0.717) is 0 Å². The first kappa shape index (κ1) is 12.9. The molecule has 0 aliphatic heterocycles. The summed E-state index contributed by atoms with van der Waals surface area (Å²) in [6.45, 7) is -0.491. The molecule has 0 bridgehead atoms. The van der Waals surface area contributed by atoms with E-state index in [0.717, 1.165) is 6.92 Å². The third-order valence-corrected chi connectivity index (χ3v) is 0.585. The number of rotatable bonds is 2. The normalized spacial score (nSPS) is 7.82. The van der Waals surface area contributed by atoms with Gasteiger partial charge in [-0.15, -0.1) is 0 Å². The van der Waals surface area contributed by atoms with Crippen LogP contribution in [0.25, 0.3) is 0 Å². The molecule has 0 aromatic heterocycles. The molecule has 0 rings (SSSR count). The van der Waals surface area contributed by atoms with Crippen molar-refractivity contribution >= 4 is 35.1 Å². The van der Waals surface area contributed by atoms with Crippen LogP contribution < -0.4 is 0 Å². The lowest BCUT2D eigenvalue weighted by Crippen LogP contribution is -2.20. The van der Waals surface area contributed by atoms with Gasteiger partial charge in [0, 0.05) is 6.92 Å². The highest BCUT2D eigenvalue weighted by molar-refractivity contribution is 6.35. The summed E-state index contributed by atoms with van der Waals surface area (Å²) in [4.78, 5) is 30.2. The molecular formula is C5H8AlFO4. The first-order chi connectivity index (χ1) is 4.57. The van der Waals surface area contributed by atoms with E-state index in [1.165, 1.54) is 0 Å². The molecule has 6 heteroatoms. The van der Waals surface area contributed by atoms with Gasteiger partial charge in [-0.25, -0.2) is 9.18 Å². The minimum atomic E-state index is -1.45. The summed E-state index contributed by atoms with van der Waals surface area (Å²) in [5, 5.41) is 0. The second-order valence-corrected chi connectivity index (χ2v) is 1.44. The Morgan fingerprint density at radius 3 is 2.09 bits per heavy atom. The molecule has 0 spiro atoms. The summed E-state index contributed by atoms with van der Waals surface area (Å²) in [6, 6.07) is 0. The Hall–Kier alpha value is -0.728. The summed E-state index contributed by atoms with van der Waals surface area (Å²) in [7, 11) is 0.